The molecule has 4 rings (SSSR count). The minimum Gasteiger partial charge on any atom is -0.343 e. The van der Waals surface area contributed by atoms with E-state index < -0.39 is 0 Å². The molecule has 0 atom stereocenters. The third-order valence-corrected chi connectivity index (χ3v) is 6.39. The second-order valence-corrected chi connectivity index (χ2v) is 8.01. The van der Waals surface area contributed by atoms with Crippen LogP contribution in [0.5, 0.6) is 0 Å². The highest BCUT2D eigenvalue weighted by molar-refractivity contribution is 7.26. The Labute approximate surface area is 156 Å². The van der Waals surface area contributed by atoms with Gasteiger partial charge in [0, 0.05) is 36.1 Å². The summed E-state index contributed by atoms with van der Waals surface area (Å²) in [4.78, 5) is 27.2. The van der Waals surface area contributed by atoms with Crippen LogP contribution < -0.4 is 5.56 Å². The molecule has 1 aliphatic rings. The Morgan fingerprint density at radius 3 is 2.77 bits per heavy atom. The lowest BCUT2D eigenvalue weighted by Crippen LogP contribution is -2.35. The van der Waals surface area contributed by atoms with E-state index in [-0.39, 0.29) is 11.5 Å². The number of hydrogen-bond donors (Lipinski definition) is 0. The van der Waals surface area contributed by atoms with Crippen LogP contribution in [0.25, 0.3) is 20.2 Å². The van der Waals surface area contributed by atoms with Gasteiger partial charge in [0.05, 0.1) is 15.8 Å². The summed E-state index contributed by atoms with van der Waals surface area (Å²) in [6.07, 6.45) is 4.56. The van der Waals surface area contributed by atoms with Gasteiger partial charge < -0.3 is 4.90 Å². The van der Waals surface area contributed by atoms with E-state index in [0.29, 0.717) is 19.4 Å². The molecule has 136 valence electrons. The first kappa shape index (κ1) is 17.2. The number of benzene rings is 1. The molecular formula is C20H23N3O2S. The molecule has 0 N–H and O–H groups in total. The second-order valence-electron chi connectivity index (χ2n) is 6.96. The van der Waals surface area contributed by atoms with Gasteiger partial charge in [-0.25, -0.2) is 4.68 Å². The van der Waals surface area contributed by atoms with Crippen LogP contribution in [0, 0.1) is 6.92 Å². The van der Waals surface area contributed by atoms with Crippen LogP contribution in [0.1, 0.15) is 37.8 Å². The number of nitrogens with zero attached hydrogens (tertiary/aromatic N) is 3. The third-order valence-electron chi connectivity index (χ3n) is 5.11. The topological polar surface area (TPSA) is 55.2 Å². The fourth-order valence-electron chi connectivity index (χ4n) is 3.75. The van der Waals surface area contributed by atoms with Gasteiger partial charge in [0.1, 0.15) is 0 Å². The first-order chi connectivity index (χ1) is 12.6. The summed E-state index contributed by atoms with van der Waals surface area (Å²) in [6, 6.07) is 8.00. The Morgan fingerprint density at radius 2 is 1.96 bits per heavy atom. The van der Waals surface area contributed by atoms with Crippen molar-refractivity contribution in [2.24, 2.45) is 0 Å². The number of fused-ring (bicyclic) bond motifs is 3. The zero-order valence-electron chi connectivity index (χ0n) is 15.0. The molecule has 0 bridgehead atoms. The second kappa shape index (κ2) is 7.19. The van der Waals surface area contributed by atoms with Gasteiger partial charge in [0.15, 0.2) is 0 Å². The average Bonchev–Trinajstić information content (AvgIpc) is 3.07. The zero-order chi connectivity index (χ0) is 18.1. The predicted octanol–water partition coefficient (Wildman–Crippen LogP) is 3.71. The highest BCUT2D eigenvalue weighted by Gasteiger charge is 2.17. The molecule has 1 amide bonds. The average molecular weight is 369 g/mol. The maximum Gasteiger partial charge on any atom is 0.276 e. The van der Waals surface area contributed by atoms with Gasteiger partial charge >= 0.3 is 0 Å². The lowest BCUT2D eigenvalue weighted by Gasteiger charge is -2.26. The molecule has 1 saturated heterocycles. The molecule has 0 radical (unpaired) electrons. The van der Waals surface area contributed by atoms with E-state index in [0.717, 1.165) is 51.8 Å². The Kier molecular flexibility index (Phi) is 4.76. The van der Waals surface area contributed by atoms with Crippen molar-refractivity contribution < 1.29 is 4.79 Å². The monoisotopic (exact) mass is 369 g/mol. The molecule has 0 aliphatic carbocycles. The summed E-state index contributed by atoms with van der Waals surface area (Å²) in [7, 11) is 0. The minimum absolute atomic E-state index is 0.0477. The van der Waals surface area contributed by atoms with Crippen molar-refractivity contribution in [3.05, 3.63) is 40.3 Å². The number of thiophene rings is 1. The number of carbonyl (C=O) groups is 1. The quantitative estimate of drug-likeness (QED) is 0.704. The van der Waals surface area contributed by atoms with Gasteiger partial charge in [-0.2, -0.15) is 5.10 Å². The molecule has 1 aliphatic heterocycles. The van der Waals surface area contributed by atoms with Gasteiger partial charge in [-0.05, 0) is 38.7 Å². The van der Waals surface area contributed by atoms with E-state index in [1.807, 2.05) is 36.1 Å². The van der Waals surface area contributed by atoms with Crippen molar-refractivity contribution in [2.45, 2.75) is 45.6 Å². The summed E-state index contributed by atoms with van der Waals surface area (Å²) in [5.74, 6) is 0.205. The highest BCUT2D eigenvalue weighted by Crippen LogP contribution is 2.32. The Bertz CT molecular complexity index is 1010. The predicted molar refractivity (Wildman–Crippen MR) is 106 cm³/mol. The molecule has 2 aromatic heterocycles. The normalized spacial score (nSPS) is 15.0. The van der Waals surface area contributed by atoms with E-state index in [1.54, 1.807) is 16.0 Å². The molecule has 3 heterocycles. The largest absolute Gasteiger partial charge is 0.343 e. The van der Waals surface area contributed by atoms with Crippen molar-refractivity contribution in [2.75, 3.05) is 13.1 Å². The van der Waals surface area contributed by atoms with Gasteiger partial charge in [0.25, 0.3) is 5.56 Å². The maximum absolute atomic E-state index is 12.9. The first-order valence-electron chi connectivity index (χ1n) is 9.32. The number of carbonyl (C=O) groups excluding carboxylic acids is 1. The fourth-order valence-corrected chi connectivity index (χ4v) is 4.88. The molecule has 26 heavy (non-hydrogen) atoms. The summed E-state index contributed by atoms with van der Waals surface area (Å²) in [6.45, 7) is 4.19. The van der Waals surface area contributed by atoms with Gasteiger partial charge in [-0.3, -0.25) is 9.59 Å². The maximum atomic E-state index is 12.9. The van der Waals surface area contributed by atoms with Gasteiger partial charge in [-0.1, -0.05) is 18.2 Å². The Hall–Kier alpha value is -2.21. The third kappa shape index (κ3) is 3.14. The Balaban J connectivity index is 1.55. The summed E-state index contributed by atoms with van der Waals surface area (Å²) < 4.78 is 3.62. The number of piperidine rings is 1. The smallest absolute Gasteiger partial charge is 0.276 e. The number of amides is 1. The molecule has 0 saturated carbocycles. The van der Waals surface area contributed by atoms with Crippen LogP contribution in [0.15, 0.2) is 29.1 Å². The molecular weight excluding hydrogens is 346 g/mol. The molecule has 1 aromatic carbocycles. The fraction of sp³-hybridized carbons (Fsp3) is 0.450. The van der Waals surface area contributed by atoms with Crippen molar-refractivity contribution in [3.8, 4) is 0 Å². The Morgan fingerprint density at radius 1 is 1.19 bits per heavy atom. The number of likely N-dealkylation sites (tertiary alicyclic amines) is 1. The number of rotatable bonds is 4. The van der Waals surface area contributed by atoms with Crippen molar-refractivity contribution >= 4 is 37.4 Å². The molecule has 0 unspecified atom stereocenters. The van der Waals surface area contributed by atoms with Crippen molar-refractivity contribution in [1.82, 2.24) is 14.7 Å². The van der Waals surface area contributed by atoms with Crippen LogP contribution in [0.2, 0.25) is 0 Å². The molecule has 3 aromatic rings. The summed E-state index contributed by atoms with van der Waals surface area (Å²) in [5.41, 5.74) is 0.830. The molecule has 6 heteroatoms. The van der Waals surface area contributed by atoms with E-state index in [4.69, 9.17) is 0 Å². The van der Waals surface area contributed by atoms with Crippen molar-refractivity contribution in [1.29, 1.82) is 0 Å². The number of hydrogen-bond acceptors (Lipinski definition) is 4. The van der Waals surface area contributed by atoms with Crippen molar-refractivity contribution in [3.63, 3.8) is 0 Å². The zero-order valence-corrected chi connectivity index (χ0v) is 15.8. The van der Waals surface area contributed by atoms with Crippen LogP contribution in [0.3, 0.4) is 0 Å². The van der Waals surface area contributed by atoms with Crippen LogP contribution in [-0.2, 0) is 11.3 Å². The van der Waals surface area contributed by atoms with Gasteiger partial charge in [-0.15, -0.1) is 11.3 Å². The van der Waals surface area contributed by atoms with E-state index >= 15 is 0 Å². The van der Waals surface area contributed by atoms with Crippen LogP contribution in [-0.4, -0.2) is 33.7 Å². The first-order valence-corrected chi connectivity index (χ1v) is 10.1. The SMILES string of the molecule is Cc1nn(CCCC(=O)N2CCCCC2)c(=O)c2c1sc1ccccc12. The minimum atomic E-state index is -0.0477. The lowest BCUT2D eigenvalue weighted by molar-refractivity contribution is -0.132. The van der Waals surface area contributed by atoms with E-state index in [2.05, 4.69) is 5.10 Å². The number of aromatic nitrogens is 2. The standard InChI is InChI=1S/C20H23N3O2S/c1-14-19-18(15-8-3-4-9-16(15)26-19)20(25)23(21-14)13-7-10-17(24)22-11-5-2-6-12-22/h3-4,8-9H,2,5-7,10-13H2,1H3. The lowest BCUT2D eigenvalue weighted by atomic mass is 10.1. The summed E-state index contributed by atoms with van der Waals surface area (Å²) in [5, 5.41) is 6.26. The van der Waals surface area contributed by atoms with Crippen LogP contribution >= 0.6 is 11.3 Å². The molecule has 0 spiro atoms. The van der Waals surface area contributed by atoms with E-state index in [1.165, 1.54) is 6.42 Å². The van der Waals surface area contributed by atoms with Gasteiger partial charge in [0.2, 0.25) is 5.91 Å². The van der Waals surface area contributed by atoms with Crippen LogP contribution in [0.4, 0.5) is 0 Å². The number of aryl methyl sites for hydroxylation is 2. The molecule has 1 fully saturated rings. The molecule has 5 nitrogen and oxygen atoms in total. The van der Waals surface area contributed by atoms with E-state index in [9.17, 15) is 9.59 Å². The summed E-state index contributed by atoms with van der Waals surface area (Å²) >= 11 is 1.62. The highest BCUT2D eigenvalue weighted by atomic mass is 32.1.